The minimum Gasteiger partial charge on any atom is -0.481 e. The molecule has 13 heavy (non-hydrogen) atoms. The van der Waals surface area contributed by atoms with Crippen molar-refractivity contribution >= 4 is 5.97 Å². The molecule has 0 aliphatic rings. The largest absolute Gasteiger partial charge is 0.481 e. The minimum absolute atomic E-state index is 0.562. The molecule has 0 aromatic carbocycles. The van der Waals surface area contributed by atoms with Crippen LogP contribution in [0.25, 0.3) is 0 Å². The number of rotatable bonds is 7. The molecule has 3 nitrogen and oxygen atoms in total. The molecule has 0 bridgehead atoms. The van der Waals surface area contributed by atoms with Crippen LogP contribution < -0.4 is 0 Å². The van der Waals surface area contributed by atoms with Gasteiger partial charge in [0.2, 0.25) is 0 Å². The van der Waals surface area contributed by atoms with Crippen LogP contribution in [0.2, 0.25) is 0 Å². The lowest BCUT2D eigenvalue weighted by Gasteiger charge is -2.23. The molecule has 0 spiro atoms. The molecule has 0 aliphatic heterocycles. The molecule has 0 rings (SSSR count). The van der Waals surface area contributed by atoms with Gasteiger partial charge in [-0.2, -0.15) is 0 Å². The highest BCUT2D eigenvalue weighted by Gasteiger charge is 2.31. The topological polar surface area (TPSA) is 46.5 Å². The van der Waals surface area contributed by atoms with Crippen molar-refractivity contribution in [1.82, 2.24) is 0 Å². The lowest BCUT2D eigenvalue weighted by molar-refractivity contribution is -0.149. The molecule has 0 aromatic rings. The maximum absolute atomic E-state index is 11.0. The van der Waals surface area contributed by atoms with Gasteiger partial charge >= 0.3 is 5.97 Å². The number of ether oxygens (including phenoxy) is 1. The van der Waals surface area contributed by atoms with E-state index >= 15 is 0 Å². The van der Waals surface area contributed by atoms with Crippen LogP contribution in [-0.2, 0) is 9.53 Å². The quantitative estimate of drug-likeness (QED) is 0.623. The van der Waals surface area contributed by atoms with E-state index in [1.807, 2.05) is 13.8 Å². The van der Waals surface area contributed by atoms with Crippen molar-refractivity contribution in [1.29, 1.82) is 0 Å². The molecule has 0 heterocycles. The molecule has 0 aliphatic carbocycles. The molecule has 0 saturated heterocycles. The van der Waals surface area contributed by atoms with Gasteiger partial charge in [0, 0.05) is 13.7 Å². The summed E-state index contributed by atoms with van der Waals surface area (Å²) in [4.78, 5) is 11.0. The van der Waals surface area contributed by atoms with Crippen LogP contribution in [0.3, 0.4) is 0 Å². The summed E-state index contributed by atoms with van der Waals surface area (Å²) in [6.07, 6.45) is 3.17. The predicted molar refractivity (Wildman–Crippen MR) is 51.8 cm³/mol. The van der Waals surface area contributed by atoms with Crippen LogP contribution in [0.4, 0.5) is 0 Å². The maximum atomic E-state index is 11.0. The van der Waals surface area contributed by atoms with E-state index in [-0.39, 0.29) is 0 Å². The number of hydrogen-bond donors (Lipinski definition) is 1. The molecule has 0 amide bonds. The Balaban J connectivity index is 4.00. The van der Waals surface area contributed by atoms with Crippen LogP contribution in [0, 0.1) is 5.41 Å². The van der Waals surface area contributed by atoms with Gasteiger partial charge in [0.15, 0.2) is 0 Å². The Labute approximate surface area is 80.1 Å². The Bertz CT molecular complexity index is 156. The molecule has 0 radical (unpaired) electrons. The molecule has 0 aromatic heterocycles. The first-order chi connectivity index (χ1) is 6.06. The highest BCUT2D eigenvalue weighted by atomic mass is 16.5. The van der Waals surface area contributed by atoms with Gasteiger partial charge in [0.25, 0.3) is 0 Å². The highest BCUT2D eigenvalue weighted by Crippen LogP contribution is 2.29. The average Bonchev–Trinajstić information content (AvgIpc) is 2.05. The van der Waals surface area contributed by atoms with Crippen molar-refractivity contribution in [2.45, 2.75) is 39.5 Å². The monoisotopic (exact) mass is 188 g/mol. The van der Waals surface area contributed by atoms with E-state index in [1.54, 1.807) is 7.11 Å². The zero-order chi connectivity index (χ0) is 10.3. The van der Waals surface area contributed by atoms with E-state index in [4.69, 9.17) is 9.84 Å². The molecular formula is C10H20O3. The summed E-state index contributed by atoms with van der Waals surface area (Å²) in [5.74, 6) is -0.689. The van der Waals surface area contributed by atoms with Gasteiger partial charge in [0.1, 0.15) is 0 Å². The normalized spacial score (nSPS) is 15.3. The molecule has 0 saturated carbocycles. The highest BCUT2D eigenvalue weighted by molar-refractivity contribution is 5.73. The van der Waals surface area contributed by atoms with Crippen molar-refractivity contribution in [3.8, 4) is 0 Å². The van der Waals surface area contributed by atoms with Crippen molar-refractivity contribution in [3.63, 3.8) is 0 Å². The summed E-state index contributed by atoms with van der Waals surface area (Å²) < 4.78 is 4.90. The van der Waals surface area contributed by atoms with Gasteiger partial charge in [-0.25, -0.2) is 0 Å². The summed E-state index contributed by atoms with van der Waals surface area (Å²) in [6.45, 7) is 4.47. The van der Waals surface area contributed by atoms with Crippen molar-refractivity contribution < 1.29 is 14.6 Å². The Hall–Kier alpha value is -0.570. The van der Waals surface area contributed by atoms with Crippen molar-refractivity contribution in [2.75, 3.05) is 13.7 Å². The van der Waals surface area contributed by atoms with E-state index in [1.165, 1.54) is 0 Å². The third kappa shape index (κ3) is 4.27. The second-order valence-electron chi connectivity index (χ2n) is 3.71. The third-order valence-corrected chi connectivity index (χ3v) is 2.40. The smallest absolute Gasteiger partial charge is 0.309 e. The zero-order valence-corrected chi connectivity index (χ0v) is 8.80. The van der Waals surface area contributed by atoms with Gasteiger partial charge in [-0.1, -0.05) is 13.3 Å². The van der Waals surface area contributed by atoms with Gasteiger partial charge in [0.05, 0.1) is 5.41 Å². The number of carboxylic acids is 1. The first kappa shape index (κ1) is 12.4. The summed E-state index contributed by atoms with van der Waals surface area (Å²) in [7, 11) is 1.64. The van der Waals surface area contributed by atoms with Crippen LogP contribution >= 0.6 is 0 Å². The standard InChI is InChI=1S/C10H20O3/c1-4-6-10(2,9(11)12)7-5-8-13-3/h4-8H2,1-3H3,(H,11,12). The molecule has 1 atom stereocenters. The van der Waals surface area contributed by atoms with Gasteiger partial charge in [-0.05, 0) is 26.2 Å². The maximum Gasteiger partial charge on any atom is 0.309 e. The van der Waals surface area contributed by atoms with Crippen LogP contribution in [0.15, 0.2) is 0 Å². The second-order valence-corrected chi connectivity index (χ2v) is 3.71. The van der Waals surface area contributed by atoms with E-state index in [9.17, 15) is 4.79 Å². The number of hydrogen-bond acceptors (Lipinski definition) is 2. The number of carbonyl (C=O) groups is 1. The second kappa shape index (κ2) is 5.97. The lowest BCUT2D eigenvalue weighted by atomic mass is 9.81. The Morgan fingerprint density at radius 2 is 2.08 bits per heavy atom. The van der Waals surface area contributed by atoms with E-state index in [0.717, 1.165) is 19.3 Å². The van der Waals surface area contributed by atoms with Gasteiger partial charge < -0.3 is 9.84 Å². The molecule has 78 valence electrons. The average molecular weight is 188 g/mol. The number of carboxylic acid groups (broad SMARTS) is 1. The molecule has 1 N–H and O–H groups in total. The summed E-state index contributed by atoms with van der Waals surface area (Å²) in [6, 6.07) is 0. The SMILES string of the molecule is CCCC(C)(CCCOC)C(=O)O. The third-order valence-electron chi connectivity index (χ3n) is 2.40. The first-order valence-electron chi connectivity index (χ1n) is 4.79. The lowest BCUT2D eigenvalue weighted by Crippen LogP contribution is -2.27. The fourth-order valence-corrected chi connectivity index (χ4v) is 1.50. The first-order valence-corrected chi connectivity index (χ1v) is 4.79. The Morgan fingerprint density at radius 3 is 2.46 bits per heavy atom. The number of aliphatic carboxylic acids is 1. The summed E-state index contributed by atoms with van der Waals surface area (Å²) >= 11 is 0. The fourth-order valence-electron chi connectivity index (χ4n) is 1.50. The number of methoxy groups -OCH3 is 1. The molecule has 0 fully saturated rings. The van der Waals surface area contributed by atoms with Crippen LogP contribution in [-0.4, -0.2) is 24.8 Å². The van der Waals surface area contributed by atoms with E-state index < -0.39 is 11.4 Å². The molecular weight excluding hydrogens is 168 g/mol. The fraction of sp³-hybridized carbons (Fsp3) is 0.900. The molecule has 3 heteroatoms. The van der Waals surface area contributed by atoms with Gasteiger partial charge in [-0.15, -0.1) is 0 Å². The van der Waals surface area contributed by atoms with Gasteiger partial charge in [-0.3, -0.25) is 4.79 Å². The van der Waals surface area contributed by atoms with Crippen LogP contribution in [0.5, 0.6) is 0 Å². The predicted octanol–water partition coefficient (Wildman–Crippen LogP) is 2.30. The van der Waals surface area contributed by atoms with Crippen LogP contribution in [0.1, 0.15) is 39.5 Å². The summed E-state index contributed by atoms with van der Waals surface area (Å²) in [5, 5.41) is 9.02. The Kier molecular flexibility index (Phi) is 5.71. The zero-order valence-electron chi connectivity index (χ0n) is 8.80. The summed E-state index contributed by atoms with van der Waals surface area (Å²) in [5.41, 5.74) is -0.562. The van der Waals surface area contributed by atoms with E-state index in [2.05, 4.69) is 0 Å². The van der Waals surface area contributed by atoms with Crippen molar-refractivity contribution in [3.05, 3.63) is 0 Å². The van der Waals surface area contributed by atoms with Crippen molar-refractivity contribution in [2.24, 2.45) is 5.41 Å². The van der Waals surface area contributed by atoms with E-state index in [0.29, 0.717) is 13.0 Å². The minimum atomic E-state index is -0.689. The molecule has 1 unspecified atom stereocenters. The Morgan fingerprint density at radius 1 is 1.46 bits per heavy atom.